The standard InChI is InChI=1S/C15H22N2O/c1-11-3-4-13(12(2)9-11)15(18)14-10-16-5-7-17(14)8-6-16/h3-4,9,14-15,18H,5-8,10H2,1-2H3. The van der Waals surface area contributed by atoms with Gasteiger partial charge in [-0.15, -0.1) is 0 Å². The van der Waals surface area contributed by atoms with E-state index >= 15 is 0 Å². The van der Waals surface area contributed by atoms with E-state index in [2.05, 4.69) is 41.8 Å². The van der Waals surface area contributed by atoms with Crippen molar-refractivity contribution in [2.45, 2.75) is 26.0 Å². The summed E-state index contributed by atoms with van der Waals surface area (Å²) in [5.74, 6) is 0. The first kappa shape index (κ1) is 12.2. The van der Waals surface area contributed by atoms with Gasteiger partial charge in [0.25, 0.3) is 0 Å². The number of hydrogen-bond donors (Lipinski definition) is 1. The molecule has 98 valence electrons. The summed E-state index contributed by atoms with van der Waals surface area (Å²) >= 11 is 0. The molecule has 3 aliphatic rings. The van der Waals surface area contributed by atoms with Gasteiger partial charge in [0.2, 0.25) is 0 Å². The average molecular weight is 246 g/mol. The van der Waals surface area contributed by atoms with Crippen LogP contribution in [0.25, 0.3) is 0 Å². The number of aliphatic hydroxyl groups excluding tert-OH is 1. The lowest BCUT2D eigenvalue weighted by Gasteiger charge is -2.49. The van der Waals surface area contributed by atoms with E-state index in [-0.39, 0.29) is 12.1 Å². The van der Waals surface area contributed by atoms with E-state index in [4.69, 9.17) is 0 Å². The first-order valence-corrected chi connectivity index (χ1v) is 6.87. The molecule has 18 heavy (non-hydrogen) atoms. The van der Waals surface area contributed by atoms with Gasteiger partial charge < -0.3 is 5.11 Å². The minimum Gasteiger partial charge on any atom is -0.387 e. The number of hydrogen-bond acceptors (Lipinski definition) is 3. The highest BCUT2D eigenvalue weighted by molar-refractivity contribution is 5.33. The third-order valence-electron chi connectivity index (χ3n) is 4.43. The van der Waals surface area contributed by atoms with Crippen LogP contribution in [0.4, 0.5) is 0 Å². The Morgan fingerprint density at radius 2 is 1.89 bits per heavy atom. The van der Waals surface area contributed by atoms with Crippen LogP contribution in [0.1, 0.15) is 22.8 Å². The minimum atomic E-state index is -0.353. The highest BCUT2D eigenvalue weighted by Crippen LogP contribution is 2.29. The zero-order chi connectivity index (χ0) is 12.7. The Balaban J connectivity index is 1.83. The van der Waals surface area contributed by atoms with E-state index in [1.54, 1.807) is 0 Å². The third-order valence-corrected chi connectivity index (χ3v) is 4.43. The van der Waals surface area contributed by atoms with Crippen LogP contribution in [0.5, 0.6) is 0 Å². The number of piperazine rings is 3. The van der Waals surface area contributed by atoms with Crippen molar-refractivity contribution in [3.63, 3.8) is 0 Å². The maximum Gasteiger partial charge on any atom is 0.0960 e. The van der Waals surface area contributed by atoms with E-state index in [1.807, 2.05) is 0 Å². The summed E-state index contributed by atoms with van der Waals surface area (Å²) in [4.78, 5) is 4.92. The Bertz CT molecular complexity index is 438. The van der Waals surface area contributed by atoms with Crippen molar-refractivity contribution in [3.8, 4) is 0 Å². The molecule has 3 heteroatoms. The maximum atomic E-state index is 10.7. The lowest BCUT2D eigenvalue weighted by molar-refractivity contribution is -0.0472. The molecule has 0 aromatic heterocycles. The highest BCUT2D eigenvalue weighted by atomic mass is 16.3. The molecule has 3 heterocycles. The van der Waals surface area contributed by atoms with E-state index < -0.39 is 0 Å². The van der Waals surface area contributed by atoms with Gasteiger partial charge in [-0.2, -0.15) is 0 Å². The molecule has 1 N–H and O–H groups in total. The lowest BCUT2D eigenvalue weighted by atomic mass is 9.93. The molecule has 2 bridgehead atoms. The van der Waals surface area contributed by atoms with E-state index in [0.717, 1.165) is 38.3 Å². The molecule has 2 unspecified atom stereocenters. The quantitative estimate of drug-likeness (QED) is 0.853. The molecular weight excluding hydrogens is 224 g/mol. The van der Waals surface area contributed by atoms with Crippen molar-refractivity contribution in [1.29, 1.82) is 0 Å². The molecule has 0 amide bonds. The molecule has 3 fully saturated rings. The summed E-state index contributed by atoms with van der Waals surface area (Å²) in [5.41, 5.74) is 3.57. The van der Waals surface area contributed by atoms with Gasteiger partial charge in [-0.1, -0.05) is 23.8 Å². The van der Waals surface area contributed by atoms with Gasteiger partial charge in [-0.25, -0.2) is 0 Å². The molecule has 0 saturated carbocycles. The summed E-state index contributed by atoms with van der Waals surface area (Å²) in [6.45, 7) is 9.74. The molecule has 1 aromatic carbocycles. The third kappa shape index (κ3) is 2.07. The van der Waals surface area contributed by atoms with Crippen LogP contribution < -0.4 is 0 Å². The molecule has 3 aliphatic heterocycles. The van der Waals surface area contributed by atoms with Gasteiger partial charge >= 0.3 is 0 Å². The molecule has 1 aromatic rings. The minimum absolute atomic E-state index is 0.272. The number of aryl methyl sites for hydroxylation is 2. The number of rotatable bonds is 2. The van der Waals surface area contributed by atoms with Gasteiger partial charge in [0.1, 0.15) is 0 Å². The summed E-state index contributed by atoms with van der Waals surface area (Å²) < 4.78 is 0. The number of nitrogens with zero attached hydrogens (tertiary/aromatic N) is 2. The molecular formula is C15H22N2O. The summed E-state index contributed by atoms with van der Waals surface area (Å²) in [5, 5.41) is 10.7. The second kappa shape index (κ2) is 4.65. The van der Waals surface area contributed by atoms with Crippen molar-refractivity contribution >= 4 is 0 Å². The second-order valence-electron chi connectivity index (χ2n) is 5.71. The average Bonchev–Trinajstić information content (AvgIpc) is 2.39. The SMILES string of the molecule is Cc1ccc(C(O)C2CN3CCN2CC3)c(C)c1. The van der Waals surface area contributed by atoms with Gasteiger partial charge in [-0.05, 0) is 25.0 Å². The lowest BCUT2D eigenvalue weighted by Crippen LogP contribution is -2.62. The van der Waals surface area contributed by atoms with E-state index in [0.29, 0.717) is 0 Å². The number of benzene rings is 1. The molecule has 0 spiro atoms. The van der Waals surface area contributed by atoms with Crippen LogP contribution in [0, 0.1) is 13.8 Å². The Morgan fingerprint density at radius 1 is 1.17 bits per heavy atom. The largest absolute Gasteiger partial charge is 0.387 e. The van der Waals surface area contributed by atoms with Crippen molar-refractivity contribution in [2.24, 2.45) is 0 Å². The number of aliphatic hydroxyl groups is 1. The Morgan fingerprint density at radius 3 is 2.44 bits per heavy atom. The van der Waals surface area contributed by atoms with Gasteiger partial charge in [-0.3, -0.25) is 9.80 Å². The fourth-order valence-corrected chi connectivity index (χ4v) is 3.32. The van der Waals surface area contributed by atoms with Crippen LogP contribution in [0.15, 0.2) is 18.2 Å². The van der Waals surface area contributed by atoms with E-state index in [9.17, 15) is 5.11 Å². The van der Waals surface area contributed by atoms with Gasteiger partial charge in [0.05, 0.1) is 12.1 Å². The van der Waals surface area contributed by atoms with E-state index in [1.165, 1.54) is 11.1 Å². The van der Waals surface area contributed by atoms with Crippen LogP contribution in [0.3, 0.4) is 0 Å². The molecule has 4 rings (SSSR count). The molecule has 3 saturated heterocycles. The summed E-state index contributed by atoms with van der Waals surface area (Å²) in [6, 6.07) is 6.62. The molecule has 3 nitrogen and oxygen atoms in total. The van der Waals surface area contributed by atoms with Crippen molar-refractivity contribution in [1.82, 2.24) is 9.80 Å². The molecule has 2 atom stereocenters. The Labute approximate surface area is 109 Å². The monoisotopic (exact) mass is 246 g/mol. The predicted molar refractivity (Wildman–Crippen MR) is 72.7 cm³/mol. The van der Waals surface area contributed by atoms with Crippen LogP contribution >= 0.6 is 0 Å². The normalized spacial score (nSPS) is 32.5. The summed E-state index contributed by atoms with van der Waals surface area (Å²) in [7, 11) is 0. The topological polar surface area (TPSA) is 26.7 Å². The predicted octanol–water partition coefficient (Wildman–Crippen LogP) is 1.34. The number of fused-ring (bicyclic) bond motifs is 3. The first-order valence-electron chi connectivity index (χ1n) is 6.87. The fraction of sp³-hybridized carbons (Fsp3) is 0.600. The molecule has 0 radical (unpaired) electrons. The van der Waals surface area contributed by atoms with Crippen molar-refractivity contribution in [2.75, 3.05) is 32.7 Å². The zero-order valence-corrected chi connectivity index (χ0v) is 11.3. The Kier molecular flexibility index (Phi) is 3.14. The Hall–Kier alpha value is -0.900. The van der Waals surface area contributed by atoms with Crippen LogP contribution in [-0.4, -0.2) is 53.7 Å². The first-order chi connectivity index (χ1) is 8.65. The smallest absolute Gasteiger partial charge is 0.0960 e. The van der Waals surface area contributed by atoms with Crippen LogP contribution in [0.2, 0.25) is 0 Å². The highest BCUT2D eigenvalue weighted by Gasteiger charge is 2.36. The van der Waals surface area contributed by atoms with Gasteiger partial charge in [0, 0.05) is 32.7 Å². The van der Waals surface area contributed by atoms with Crippen molar-refractivity contribution < 1.29 is 5.11 Å². The van der Waals surface area contributed by atoms with Crippen LogP contribution in [-0.2, 0) is 0 Å². The maximum absolute atomic E-state index is 10.7. The second-order valence-corrected chi connectivity index (χ2v) is 5.71. The zero-order valence-electron chi connectivity index (χ0n) is 11.3. The molecule has 0 aliphatic carbocycles. The fourth-order valence-electron chi connectivity index (χ4n) is 3.32. The van der Waals surface area contributed by atoms with Gasteiger partial charge in [0.15, 0.2) is 0 Å². The van der Waals surface area contributed by atoms with Crippen molar-refractivity contribution in [3.05, 3.63) is 34.9 Å². The summed E-state index contributed by atoms with van der Waals surface area (Å²) in [6.07, 6.45) is -0.353.